The molecule has 0 aliphatic heterocycles. The molecule has 2 rings (SSSR count). The molecule has 1 aromatic heterocycles. The van der Waals surface area contributed by atoms with Crippen molar-refractivity contribution in [3.63, 3.8) is 0 Å². The summed E-state index contributed by atoms with van der Waals surface area (Å²) in [6, 6.07) is 9.80. The van der Waals surface area contributed by atoms with Gasteiger partial charge in [0.15, 0.2) is 0 Å². The van der Waals surface area contributed by atoms with Crippen molar-refractivity contribution in [2.24, 2.45) is 0 Å². The Labute approximate surface area is 138 Å². The Morgan fingerprint density at radius 2 is 1.83 bits per heavy atom. The molecule has 126 valence electrons. The van der Waals surface area contributed by atoms with E-state index in [0.717, 1.165) is 0 Å². The lowest BCUT2D eigenvalue weighted by atomic mass is 10.2. The number of ether oxygens (including phenoxy) is 1. The molecule has 0 fully saturated rings. The average molecular weight is 349 g/mol. The lowest BCUT2D eigenvalue weighted by Crippen LogP contribution is -2.41. The van der Waals surface area contributed by atoms with Crippen LogP contribution in [0.2, 0.25) is 0 Å². The van der Waals surface area contributed by atoms with E-state index in [1.807, 2.05) is 4.83 Å². The van der Waals surface area contributed by atoms with Crippen LogP contribution in [-0.2, 0) is 14.8 Å². The van der Waals surface area contributed by atoms with Gasteiger partial charge in [-0.15, -0.1) is 4.83 Å². The number of carbonyl (C=O) groups excluding carboxylic acids is 2. The summed E-state index contributed by atoms with van der Waals surface area (Å²) >= 11 is 0. The second-order valence-corrected chi connectivity index (χ2v) is 6.20. The van der Waals surface area contributed by atoms with Crippen LogP contribution in [0.15, 0.2) is 53.6 Å². The highest BCUT2D eigenvalue weighted by Crippen LogP contribution is 2.11. The summed E-state index contributed by atoms with van der Waals surface area (Å²) in [5.74, 6) is -1.24. The van der Waals surface area contributed by atoms with E-state index in [4.69, 9.17) is 4.74 Å². The van der Waals surface area contributed by atoms with E-state index in [9.17, 15) is 18.0 Å². The molecule has 0 bridgehead atoms. The average Bonchev–Trinajstić information content (AvgIpc) is 2.61. The third-order valence-electron chi connectivity index (χ3n) is 2.87. The summed E-state index contributed by atoms with van der Waals surface area (Å²) in [6.45, 7) is 1.89. The highest BCUT2D eigenvalue weighted by molar-refractivity contribution is 7.89. The van der Waals surface area contributed by atoms with E-state index in [-0.39, 0.29) is 22.8 Å². The van der Waals surface area contributed by atoms with Gasteiger partial charge in [0.1, 0.15) is 5.69 Å². The third kappa shape index (κ3) is 4.37. The molecule has 8 nitrogen and oxygen atoms in total. The van der Waals surface area contributed by atoms with Crippen LogP contribution in [0.3, 0.4) is 0 Å². The molecule has 2 N–H and O–H groups in total. The number of benzene rings is 1. The largest absolute Gasteiger partial charge is 0.462 e. The number of amides is 1. The summed E-state index contributed by atoms with van der Waals surface area (Å²) in [4.78, 5) is 29.0. The highest BCUT2D eigenvalue weighted by atomic mass is 32.2. The van der Waals surface area contributed by atoms with Crippen LogP contribution in [0.4, 0.5) is 0 Å². The van der Waals surface area contributed by atoms with E-state index in [0.29, 0.717) is 0 Å². The number of esters is 1. The van der Waals surface area contributed by atoms with Gasteiger partial charge in [-0.2, -0.15) is 0 Å². The summed E-state index contributed by atoms with van der Waals surface area (Å²) in [7, 11) is -3.98. The summed E-state index contributed by atoms with van der Waals surface area (Å²) in [5, 5.41) is 0. The number of hydrogen-bond acceptors (Lipinski definition) is 6. The van der Waals surface area contributed by atoms with Gasteiger partial charge < -0.3 is 4.74 Å². The SMILES string of the molecule is CCOC(=O)c1ccc(S(=O)(=O)NNC(=O)c2ccccn2)cc1. The van der Waals surface area contributed by atoms with Crippen LogP contribution >= 0.6 is 0 Å². The molecule has 0 aliphatic carbocycles. The van der Waals surface area contributed by atoms with E-state index in [2.05, 4.69) is 10.4 Å². The Morgan fingerprint density at radius 1 is 1.12 bits per heavy atom. The van der Waals surface area contributed by atoms with Crippen LogP contribution in [0.25, 0.3) is 0 Å². The molecule has 0 radical (unpaired) electrons. The number of nitrogens with one attached hydrogen (secondary N) is 2. The van der Waals surface area contributed by atoms with Crippen LogP contribution in [0.5, 0.6) is 0 Å². The molecule has 0 aliphatic rings. The smallest absolute Gasteiger partial charge is 0.338 e. The predicted molar refractivity (Wildman–Crippen MR) is 84.4 cm³/mol. The fourth-order valence-corrected chi connectivity index (χ4v) is 2.56. The predicted octanol–water partition coefficient (Wildman–Crippen LogP) is 0.882. The minimum Gasteiger partial charge on any atom is -0.462 e. The zero-order valence-electron chi connectivity index (χ0n) is 12.7. The van der Waals surface area contributed by atoms with Gasteiger partial charge in [0, 0.05) is 6.20 Å². The van der Waals surface area contributed by atoms with Crippen molar-refractivity contribution in [2.75, 3.05) is 6.61 Å². The molecule has 1 heterocycles. The van der Waals surface area contributed by atoms with E-state index >= 15 is 0 Å². The standard InChI is InChI=1S/C15H15N3O5S/c1-2-23-15(20)11-6-8-12(9-7-11)24(21,22)18-17-14(19)13-5-3-4-10-16-13/h3-10,18H,2H2,1H3,(H,17,19). The molecule has 0 atom stereocenters. The van der Waals surface area contributed by atoms with Crippen LogP contribution < -0.4 is 10.3 Å². The number of sulfonamides is 1. The van der Waals surface area contributed by atoms with Crippen molar-refractivity contribution in [1.82, 2.24) is 15.2 Å². The van der Waals surface area contributed by atoms with Crippen molar-refractivity contribution in [1.29, 1.82) is 0 Å². The van der Waals surface area contributed by atoms with Gasteiger partial charge in [0.25, 0.3) is 15.9 Å². The van der Waals surface area contributed by atoms with Crippen molar-refractivity contribution in [3.05, 3.63) is 59.9 Å². The summed E-state index contributed by atoms with van der Waals surface area (Å²) in [5.41, 5.74) is 2.36. The fourth-order valence-electron chi connectivity index (χ4n) is 1.72. The monoisotopic (exact) mass is 349 g/mol. The van der Waals surface area contributed by atoms with Crippen molar-refractivity contribution >= 4 is 21.9 Å². The molecule has 0 saturated heterocycles. The second-order valence-electron chi connectivity index (χ2n) is 4.52. The molecule has 0 saturated carbocycles. The third-order valence-corrected chi connectivity index (χ3v) is 4.14. The maximum absolute atomic E-state index is 12.1. The molecule has 1 amide bonds. The second kappa shape index (κ2) is 7.66. The van der Waals surface area contributed by atoms with Crippen molar-refractivity contribution in [3.8, 4) is 0 Å². The van der Waals surface area contributed by atoms with Gasteiger partial charge in [-0.3, -0.25) is 15.2 Å². The van der Waals surface area contributed by atoms with Gasteiger partial charge in [-0.05, 0) is 43.3 Å². The van der Waals surface area contributed by atoms with Crippen molar-refractivity contribution in [2.45, 2.75) is 11.8 Å². The van der Waals surface area contributed by atoms with Gasteiger partial charge in [-0.1, -0.05) is 6.07 Å². The highest BCUT2D eigenvalue weighted by Gasteiger charge is 2.17. The Kier molecular flexibility index (Phi) is 5.61. The molecule has 0 spiro atoms. The number of hydrazine groups is 1. The molecule has 24 heavy (non-hydrogen) atoms. The Hall–Kier alpha value is -2.78. The first kappa shape index (κ1) is 17.6. The van der Waals surface area contributed by atoms with Gasteiger partial charge >= 0.3 is 5.97 Å². The molecule has 0 unspecified atom stereocenters. The zero-order chi connectivity index (χ0) is 17.6. The number of nitrogens with zero attached hydrogens (tertiary/aromatic N) is 1. The van der Waals surface area contributed by atoms with Crippen molar-refractivity contribution < 1.29 is 22.7 Å². The maximum atomic E-state index is 12.1. The topological polar surface area (TPSA) is 114 Å². The Morgan fingerprint density at radius 3 is 2.42 bits per heavy atom. The molecule has 9 heteroatoms. The Balaban J connectivity index is 2.05. The Bertz CT molecular complexity index is 820. The lowest BCUT2D eigenvalue weighted by Gasteiger charge is -2.08. The first-order valence-corrected chi connectivity index (χ1v) is 8.42. The van der Waals surface area contributed by atoms with E-state index in [1.165, 1.54) is 36.5 Å². The number of pyridine rings is 1. The number of hydrogen-bond donors (Lipinski definition) is 2. The maximum Gasteiger partial charge on any atom is 0.338 e. The minimum absolute atomic E-state index is 0.0675. The molecular formula is C15H15N3O5S. The van der Waals surface area contributed by atoms with Gasteiger partial charge in [0.05, 0.1) is 17.1 Å². The van der Waals surface area contributed by atoms with E-state index < -0.39 is 21.9 Å². The van der Waals surface area contributed by atoms with E-state index in [1.54, 1.807) is 19.1 Å². The first-order chi connectivity index (χ1) is 11.4. The van der Waals surface area contributed by atoms with Gasteiger partial charge in [0.2, 0.25) is 0 Å². The molecule has 2 aromatic rings. The van der Waals surface area contributed by atoms with Crippen LogP contribution in [0, 0.1) is 0 Å². The number of rotatable bonds is 6. The minimum atomic E-state index is -3.98. The fraction of sp³-hybridized carbons (Fsp3) is 0.133. The van der Waals surface area contributed by atoms with Crippen LogP contribution in [0.1, 0.15) is 27.8 Å². The number of aromatic nitrogens is 1. The number of carbonyl (C=O) groups is 2. The van der Waals surface area contributed by atoms with Gasteiger partial charge in [-0.25, -0.2) is 13.2 Å². The van der Waals surface area contributed by atoms with Crippen LogP contribution in [-0.4, -0.2) is 31.9 Å². The molecular weight excluding hydrogens is 334 g/mol. The quantitative estimate of drug-likeness (QED) is 0.591. The lowest BCUT2D eigenvalue weighted by molar-refractivity contribution is 0.0526. The summed E-state index contributed by atoms with van der Waals surface area (Å²) in [6.07, 6.45) is 1.41. The first-order valence-electron chi connectivity index (χ1n) is 6.94. The zero-order valence-corrected chi connectivity index (χ0v) is 13.5. The molecule has 1 aromatic carbocycles. The normalized spacial score (nSPS) is 10.9. The summed E-state index contributed by atoms with van der Waals surface area (Å²) < 4.78 is 29.0.